The highest BCUT2D eigenvalue weighted by molar-refractivity contribution is 6.33. The Labute approximate surface area is 137 Å². The van der Waals surface area contributed by atoms with Crippen molar-refractivity contribution in [1.29, 1.82) is 0 Å². The summed E-state index contributed by atoms with van der Waals surface area (Å²) in [6, 6.07) is 8.21. The van der Waals surface area contributed by atoms with Gasteiger partial charge in [-0.1, -0.05) is 29.3 Å². The first-order valence-electron chi connectivity index (χ1n) is 6.32. The highest BCUT2D eigenvalue weighted by Crippen LogP contribution is 2.19. The number of pyridine rings is 1. The number of nitrogens with two attached hydrogens (primary N) is 1. The van der Waals surface area contributed by atoms with Crippen LogP contribution in [0.3, 0.4) is 0 Å². The van der Waals surface area contributed by atoms with Crippen LogP contribution in [0.2, 0.25) is 10.3 Å². The number of halogens is 2. The molecule has 3 N–H and O–H groups in total. The van der Waals surface area contributed by atoms with Crippen molar-refractivity contribution in [2.45, 2.75) is 6.92 Å². The number of carbonyl (C=O) groups is 1. The number of aromatic nitrogens is 1. The molecule has 0 bridgehead atoms. The Morgan fingerprint density at radius 2 is 1.82 bits per heavy atom. The van der Waals surface area contributed by atoms with Crippen LogP contribution in [0.15, 0.2) is 30.3 Å². The van der Waals surface area contributed by atoms with Gasteiger partial charge in [-0.05, 0) is 36.8 Å². The molecule has 0 unspecified atom stereocenters. The molecule has 0 saturated carbocycles. The molecule has 0 aliphatic heterocycles. The van der Waals surface area contributed by atoms with E-state index < -0.39 is 5.91 Å². The summed E-state index contributed by atoms with van der Waals surface area (Å²) in [5, 5.41) is 8.79. The molecule has 1 aromatic carbocycles. The first-order chi connectivity index (χ1) is 10.4. The van der Waals surface area contributed by atoms with Gasteiger partial charge in [0.15, 0.2) is 0 Å². The lowest BCUT2D eigenvalue weighted by molar-refractivity contribution is -0.116. The maximum atomic E-state index is 12.2. The van der Waals surface area contributed by atoms with Crippen molar-refractivity contribution in [3.8, 4) is 5.75 Å². The molecule has 0 fully saturated rings. The van der Waals surface area contributed by atoms with E-state index in [1.165, 1.54) is 12.1 Å². The van der Waals surface area contributed by atoms with Gasteiger partial charge in [-0.2, -0.15) is 0 Å². The Morgan fingerprint density at radius 1 is 1.18 bits per heavy atom. The zero-order valence-corrected chi connectivity index (χ0v) is 13.5. The third-order valence-corrected chi connectivity index (χ3v) is 3.38. The van der Waals surface area contributed by atoms with Crippen LogP contribution in [0.4, 0.5) is 0 Å². The van der Waals surface area contributed by atoms with E-state index in [2.05, 4.69) is 10.3 Å². The minimum absolute atomic E-state index is 0.133. The monoisotopic (exact) mass is 338 g/mol. The van der Waals surface area contributed by atoms with Crippen molar-refractivity contribution in [2.24, 2.45) is 0 Å². The standard InChI is InChI=1S/C15H13Cl2N3O2/c1-8-3-4-9(5-11(8)22-2)14(18)20-15(21)10-6-12(16)19-13(17)7-10/h3-7H,1-2H3,(H2,18,20,21)/p+1. The molecule has 5 nitrogen and oxygen atoms in total. The quantitative estimate of drug-likeness (QED) is 0.507. The highest BCUT2D eigenvalue weighted by Gasteiger charge is 2.18. The van der Waals surface area contributed by atoms with Crippen molar-refractivity contribution >= 4 is 34.9 Å². The number of amidine groups is 1. The van der Waals surface area contributed by atoms with Crippen LogP contribution in [0.5, 0.6) is 5.75 Å². The lowest BCUT2D eigenvalue weighted by atomic mass is 10.1. The number of hydrogen-bond donors (Lipinski definition) is 2. The third kappa shape index (κ3) is 3.75. The smallest absolute Gasteiger partial charge is 0.339 e. The van der Waals surface area contributed by atoms with Crippen LogP contribution in [0.1, 0.15) is 21.5 Å². The molecule has 1 amide bonds. The van der Waals surface area contributed by atoms with Gasteiger partial charge in [0.2, 0.25) is 0 Å². The van der Waals surface area contributed by atoms with Crippen LogP contribution < -0.4 is 15.5 Å². The zero-order chi connectivity index (χ0) is 16.3. The first-order valence-corrected chi connectivity index (χ1v) is 7.08. The molecule has 0 aliphatic rings. The molecule has 2 rings (SSSR count). The maximum absolute atomic E-state index is 12.2. The average Bonchev–Trinajstić information content (AvgIpc) is 2.46. The van der Waals surface area contributed by atoms with Gasteiger partial charge in [-0.25, -0.2) is 15.1 Å². The largest absolute Gasteiger partial charge is 0.496 e. The molecule has 1 aromatic heterocycles. The minimum Gasteiger partial charge on any atom is -0.496 e. The summed E-state index contributed by atoms with van der Waals surface area (Å²) >= 11 is 11.5. The summed E-state index contributed by atoms with van der Waals surface area (Å²) in [5.74, 6) is 0.459. The SMILES string of the molecule is COc1cc(C(=[NH2+])NC(=O)c2cc(Cl)nc(Cl)c2)ccc1C. The number of hydrogen-bond acceptors (Lipinski definition) is 3. The molecule has 2 aromatic rings. The molecule has 0 atom stereocenters. The Bertz CT molecular complexity index is 727. The van der Waals surface area contributed by atoms with Crippen LogP contribution in [0.25, 0.3) is 0 Å². The summed E-state index contributed by atoms with van der Waals surface area (Å²) in [4.78, 5) is 15.9. The number of rotatable bonds is 3. The Balaban J connectivity index is 2.19. The van der Waals surface area contributed by atoms with Crippen molar-refractivity contribution in [1.82, 2.24) is 10.3 Å². The summed E-state index contributed by atoms with van der Waals surface area (Å²) < 4.78 is 5.23. The number of nitrogens with zero attached hydrogens (tertiary/aromatic N) is 1. The van der Waals surface area contributed by atoms with Gasteiger partial charge in [-0.3, -0.25) is 5.41 Å². The van der Waals surface area contributed by atoms with E-state index in [0.29, 0.717) is 11.3 Å². The normalized spacial score (nSPS) is 10.2. The molecular weight excluding hydrogens is 325 g/mol. The molecular formula is C15H14Cl2N3O2+. The number of amides is 1. The lowest BCUT2D eigenvalue weighted by Gasteiger charge is -2.06. The van der Waals surface area contributed by atoms with Gasteiger partial charge >= 0.3 is 5.91 Å². The molecule has 0 spiro atoms. The average molecular weight is 339 g/mol. The maximum Gasteiger partial charge on any atom is 0.339 e. The van der Waals surface area contributed by atoms with Crippen molar-refractivity contribution < 1.29 is 14.9 Å². The van der Waals surface area contributed by atoms with E-state index in [-0.39, 0.29) is 21.7 Å². The second-order valence-electron chi connectivity index (χ2n) is 4.55. The van der Waals surface area contributed by atoms with Gasteiger partial charge < -0.3 is 4.74 Å². The van der Waals surface area contributed by atoms with Gasteiger partial charge in [0.1, 0.15) is 16.1 Å². The van der Waals surface area contributed by atoms with Crippen LogP contribution in [0, 0.1) is 6.92 Å². The third-order valence-electron chi connectivity index (χ3n) is 2.99. The molecule has 22 heavy (non-hydrogen) atoms. The van der Waals surface area contributed by atoms with Gasteiger partial charge in [-0.15, -0.1) is 0 Å². The van der Waals surface area contributed by atoms with E-state index in [4.69, 9.17) is 33.3 Å². The number of benzene rings is 1. The van der Waals surface area contributed by atoms with Crippen molar-refractivity contribution in [3.05, 3.63) is 57.3 Å². The zero-order valence-electron chi connectivity index (χ0n) is 12.0. The second kappa shape index (κ2) is 6.77. The number of ether oxygens (including phenoxy) is 1. The van der Waals surface area contributed by atoms with Crippen molar-refractivity contribution in [2.75, 3.05) is 7.11 Å². The fraction of sp³-hybridized carbons (Fsp3) is 0.133. The van der Waals surface area contributed by atoms with Gasteiger partial charge in [0.05, 0.1) is 18.2 Å². The Hall–Kier alpha value is -2.11. The Morgan fingerprint density at radius 3 is 2.41 bits per heavy atom. The van der Waals surface area contributed by atoms with E-state index >= 15 is 0 Å². The van der Waals surface area contributed by atoms with Crippen LogP contribution in [-0.4, -0.2) is 23.8 Å². The fourth-order valence-electron chi connectivity index (χ4n) is 1.85. The van der Waals surface area contributed by atoms with E-state index in [9.17, 15) is 4.79 Å². The number of aryl methyl sites for hydroxylation is 1. The lowest BCUT2D eigenvalue weighted by Crippen LogP contribution is -2.51. The van der Waals surface area contributed by atoms with E-state index in [0.717, 1.165) is 5.56 Å². The first kappa shape index (κ1) is 16.3. The predicted octanol–water partition coefficient (Wildman–Crippen LogP) is 1.64. The number of nitrogens with one attached hydrogen (secondary N) is 1. The number of methoxy groups -OCH3 is 1. The second-order valence-corrected chi connectivity index (χ2v) is 5.33. The summed E-state index contributed by atoms with van der Waals surface area (Å²) in [5.41, 5.74) is 1.88. The molecule has 114 valence electrons. The van der Waals surface area contributed by atoms with E-state index in [1.807, 2.05) is 13.0 Å². The van der Waals surface area contributed by atoms with Crippen LogP contribution in [-0.2, 0) is 0 Å². The Kier molecular flexibility index (Phi) is 5.00. The topological polar surface area (TPSA) is 76.8 Å². The summed E-state index contributed by atoms with van der Waals surface area (Å²) in [6.45, 7) is 1.92. The minimum atomic E-state index is -0.428. The predicted molar refractivity (Wildman–Crippen MR) is 85.5 cm³/mol. The van der Waals surface area contributed by atoms with Crippen molar-refractivity contribution in [3.63, 3.8) is 0 Å². The van der Waals surface area contributed by atoms with E-state index in [1.54, 1.807) is 19.2 Å². The molecule has 0 aliphatic carbocycles. The molecule has 0 saturated heterocycles. The molecule has 0 radical (unpaired) electrons. The van der Waals surface area contributed by atoms with Gasteiger partial charge in [0.25, 0.3) is 5.84 Å². The van der Waals surface area contributed by atoms with Gasteiger partial charge in [0, 0.05) is 0 Å². The molecule has 7 heteroatoms. The number of carbonyl (C=O) groups excluding carboxylic acids is 1. The fourth-order valence-corrected chi connectivity index (χ4v) is 2.31. The highest BCUT2D eigenvalue weighted by atomic mass is 35.5. The summed E-state index contributed by atoms with van der Waals surface area (Å²) in [6.07, 6.45) is 0. The summed E-state index contributed by atoms with van der Waals surface area (Å²) in [7, 11) is 1.57. The molecule has 1 heterocycles. The van der Waals surface area contributed by atoms with Crippen LogP contribution >= 0.6 is 23.2 Å².